The summed E-state index contributed by atoms with van der Waals surface area (Å²) in [7, 11) is 0. The standard InChI is InChI=1S/C23H28N2O5/c1-16(18-10-6-3-7-11-18)12-13-24-19(15-21(26)27)22(28)25-20(23(29)30)14-17-8-4-2-5-9-17/h2-11,16,19-20,24H,12-15H2,1H3,(H,25,28)(H,26,27)(H,29,30)/t16?,19-,20-/m0/s1. The van der Waals surface area contributed by atoms with E-state index >= 15 is 0 Å². The van der Waals surface area contributed by atoms with Crippen LogP contribution in [0.3, 0.4) is 0 Å². The van der Waals surface area contributed by atoms with Gasteiger partial charge in [-0.3, -0.25) is 9.59 Å². The molecule has 0 aliphatic carbocycles. The minimum atomic E-state index is -1.17. The van der Waals surface area contributed by atoms with Gasteiger partial charge >= 0.3 is 11.9 Å². The Morgan fingerprint density at radius 3 is 2.07 bits per heavy atom. The first kappa shape index (κ1) is 23.1. The second-order valence-electron chi connectivity index (χ2n) is 7.29. The fourth-order valence-corrected chi connectivity index (χ4v) is 3.18. The molecule has 160 valence electrons. The molecule has 1 amide bonds. The van der Waals surface area contributed by atoms with Crippen molar-refractivity contribution in [2.45, 2.75) is 44.2 Å². The summed E-state index contributed by atoms with van der Waals surface area (Å²) in [4.78, 5) is 35.4. The number of rotatable bonds is 12. The van der Waals surface area contributed by atoms with Gasteiger partial charge in [0.15, 0.2) is 0 Å². The lowest BCUT2D eigenvalue weighted by molar-refractivity contribution is -0.143. The van der Waals surface area contributed by atoms with E-state index in [0.29, 0.717) is 13.0 Å². The highest BCUT2D eigenvalue weighted by Crippen LogP contribution is 2.17. The highest BCUT2D eigenvalue weighted by Gasteiger charge is 2.27. The van der Waals surface area contributed by atoms with Crippen molar-refractivity contribution in [2.75, 3.05) is 6.54 Å². The third-order valence-corrected chi connectivity index (χ3v) is 4.93. The first-order valence-electron chi connectivity index (χ1n) is 9.94. The number of benzene rings is 2. The zero-order valence-electron chi connectivity index (χ0n) is 17.0. The quantitative estimate of drug-likeness (QED) is 0.426. The van der Waals surface area contributed by atoms with Gasteiger partial charge in [-0.2, -0.15) is 0 Å². The van der Waals surface area contributed by atoms with Crippen LogP contribution in [0, 0.1) is 0 Å². The normalized spacial score (nSPS) is 13.8. The zero-order chi connectivity index (χ0) is 21.9. The molecule has 3 atom stereocenters. The molecule has 0 fully saturated rings. The Morgan fingerprint density at radius 2 is 1.50 bits per heavy atom. The molecule has 7 nitrogen and oxygen atoms in total. The first-order valence-corrected chi connectivity index (χ1v) is 9.94. The van der Waals surface area contributed by atoms with Crippen molar-refractivity contribution in [3.63, 3.8) is 0 Å². The molecule has 2 rings (SSSR count). The van der Waals surface area contributed by atoms with Crippen LogP contribution in [0.5, 0.6) is 0 Å². The minimum Gasteiger partial charge on any atom is -0.481 e. The van der Waals surface area contributed by atoms with E-state index in [0.717, 1.165) is 11.1 Å². The van der Waals surface area contributed by atoms with Crippen molar-refractivity contribution in [3.05, 3.63) is 71.8 Å². The molecule has 2 aromatic carbocycles. The number of aliphatic carboxylic acids is 2. The molecule has 0 saturated heterocycles. The van der Waals surface area contributed by atoms with Crippen LogP contribution in [0.1, 0.15) is 36.8 Å². The lowest BCUT2D eigenvalue weighted by Gasteiger charge is -2.21. The molecule has 0 spiro atoms. The van der Waals surface area contributed by atoms with Crippen molar-refractivity contribution >= 4 is 17.8 Å². The van der Waals surface area contributed by atoms with E-state index in [4.69, 9.17) is 5.11 Å². The fourth-order valence-electron chi connectivity index (χ4n) is 3.18. The third kappa shape index (κ3) is 7.67. The van der Waals surface area contributed by atoms with E-state index in [-0.39, 0.29) is 12.3 Å². The fraction of sp³-hybridized carbons (Fsp3) is 0.348. The van der Waals surface area contributed by atoms with Crippen molar-refractivity contribution in [3.8, 4) is 0 Å². The smallest absolute Gasteiger partial charge is 0.326 e. The first-order chi connectivity index (χ1) is 14.4. The molecule has 2 aromatic rings. The number of carboxylic acid groups (broad SMARTS) is 2. The van der Waals surface area contributed by atoms with Gasteiger partial charge in [-0.25, -0.2) is 4.79 Å². The molecule has 4 N–H and O–H groups in total. The molecular formula is C23H28N2O5. The largest absolute Gasteiger partial charge is 0.481 e. The maximum Gasteiger partial charge on any atom is 0.326 e. The van der Waals surface area contributed by atoms with Crippen LogP contribution >= 0.6 is 0 Å². The summed E-state index contributed by atoms with van der Waals surface area (Å²) in [5, 5.41) is 24.1. The molecule has 0 aliphatic heterocycles. The maximum absolute atomic E-state index is 12.6. The predicted octanol–water partition coefficient (Wildman–Crippen LogP) is 2.43. The highest BCUT2D eigenvalue weighted by molar-refractivity contribution is 5.89. The van der Waals surface area contributed by atoms with Crippen molar-refractivity contribution < 1.29 is 24.6 Å². The number of carboxylic acids is 2. The summed E-state index contributed by atoms with van der Waals surface area (Å²) in [5.74, 6) is -2.70. The monoisotopic (exact) mass is 412 g/mol. The Kier molecular flexibility index (Phi) is 9.03. The number of carbonyl (C=O) groups excluding carboxylic acids is 1. The van der Waals surface area contributed by atoms with E-state index in [1.807, 2.05) is 36.4 Å². The van der Waals surface area contributed by atoms with Gasteiger partial charge in [0.2, 0.25) is 5.91 Å². The number of hydrogen-bond acceptors (Lipinski definition) is 4. The average Bonchev–Trinajstić information content (AvgIpc) is 2.73. The third-order valence-electron chi connectivity index (χ3n) is 4.93. The number of nitrogens with one attached hydrogen (secondary N) is 2. The molecule has 1 unspecified atom stereocenters. The molecule has 0 saturated carbocycles. The Balaban J connectivity index is 1.95. The number of amides is 1. The molecular weight excluding hydrogens is 384 g/mol. The Hall–Kier alpha value is -3.19. The molecule has 7 heteroatoms. The summed E-state index contributed by atoms with van der Waals surface area (Å²) in [6.07, 6.45) is 0.399. The Morgan fingerprint density at radius 1 is 0.900 bits per heavy atom. The Labute approximate surface area is 176 Å². The van der Waals surface area contributed by atoms with Gasteiger partial charge in [-0.1, -0.05) is 67.6 Å². The lowest BCUT2D eigenvalue weighted by atomic mass is 9.98. The molecule has 0 aromatic heterocycles. The van der Waals surface area contributed by atoms with Crippen molar-refractivity contribution in [2.24, 2.45) is 0 Å². The SMILES string of the molecule is CC(CCN[C@@H](CC(=O)O)C(=O)N[C@@H](Cc1ccccc1)C(=O)O)c1ccccc1. The summed E-state index contributed by atoms with van der Waals surface area (Å²) >= 11 is 0. The number of carbonyl (C=O) groups is 3. The van der Waals surface area contributed by atoms with Gasteiger partial charge < -0.3 is 20.8 Å². The van der Waals surface area contributed by atoms with E-state index in [1.54, 1.807) is 24.3 Å². The zero-order valence-corrected chi connectivity index (χ0v) is 17.0. The molecule has 0 heterocycles. The van der Waals surface area contributed by atoms with Crippen LogP contribution in [0.4, 0.5) is 0 Å². The van der Waals surface area contributed by atoms with E-state index in [2.05, 4.69) is 17.6 Å². The lowest BCUT2D eigenvalue weighted by Crippen LogP contribution is -2.51. The second kappa shape index (κ2) is 11.7. The van der Waals surface area contributed by atoms with Gasteiger partial charge in [0.25, 0.3) is 0 Å². The summed E-state index contributed by atoms with van der Waals surface area (Å²) < 4.78 is 0. The summed E-state index contributed by atoms with van der Waals surface area (Å²) in [5.41, 5.74) is 1.93. The summed E-state index contributed by atoms with van der Waals surface area (Å²) in [6, 6.07) is 16.7. The second-order valence-corrected chi connectivity index (χ2v) is 7.29. The van der Waals surface area contributed by atoms with Crippen molar-refractivity contribution in [1.82, 2.24) is 10.6 Å². The van der Waals surface area contributed by atoms with Crippen molar-refractivity contribution in [1.29, 1.82) is 0 Å². The van der Waals surface area contributed by atoms with Crippen LogP contribution in [0.15, 0.2) is 60.7 Å². The number of hydrogen-bond donors (Lipinski definition) is 4. The predicted molar refractivity (Wildman–Crippen MR) is 113 cm³/mol. The minimum absolute atomic E-state index is 0.118. The van der Waals surface area contributed by atoms with Gasteiger partial charge in [0, 0.05) is 6.42 Å². The van der Waals surface area contributed by atoms with Gasteiger partial charge in [-0.05, 0) is 30.0 Å². The van der Waals surface area contributed by atoms with Crippen LogP contribution in [0.2, 0.25) is 0 Å². The highest BCUT2D eigenvalue weighted by atomic mass is 16.4. The Bertz CT molecular complexity index is 826. The average molecular weight is 412 g/mol. The maximum atomic E-state index is 12.6. The van der Waals surface area contributed by atoms with Gasteiger partial charge in [-0.15, -0.1) is 0 Å². The van der Waals surface area contributed by atoms with E-state index in [9.17, 15) is 19.5 Å². The molecule has 0 aliphatic rings. The topological polar surface area (TPSA) is 116 Å². The van der Waals surface area contributed by atoms with E-state index < -0.39 is 36.4 Å². The van der Waals surface area contributed by atoms with Gasteiger partial charge in [0.1, 0.15) is 6.04 Å². The van der Waals surface area contributed by atoms with Gasteiger partial charge in [0.05, 0.1) is 12.5 Å². The molecule has 30 heavy (non-hydrogen) atoms. The van der Waals surface area contributed by atoms with Crippen LogP contribution < -0.4 is 10.6 Å². The van der Waals surface area contributed by atoms with Crippen LogP contribution in [-0.4, -0.2) is 46.7 Å². The molecule has 0 radical (unpaired) electrons. The van der Waals surface area contributed by atoms with E-state index in [1.165, 1.54) is 0 Å². The van der Waals surface area contributed by atoms with Crippen LogP contribution in [0.25, 0.3) is 0 Å². The van der Waals surface area contributed by atoms with Crippen LogP contribution in [-0.2, 0) is 20.8 Å². The summed E-state index contributed by atoms with van der Waals surface area (Å²) in [6.45, 7) is 2.49. The molecule has 0 bridgehead atoms.